The number of hydrogen-bond acceptors (Lipinski definition) is 7. The summed E-state index contributed by atoms with van der Waals surface area (Å²) in [4.78, 5) is 37.9. The molecule has 1 heterocycles. The van der Waals surface area contributed by atoms with Crippen molar-refractivity contribution in [2.75, 3.05) is 24.7 Å². The molecule has 1 aromatic heterocycles. The predicted octanol–water partition coefficient (Wildman–Crippen LogP) is 2.84. The van der Waals surface area contributed by atoms with E-state index >= 15 is 0 Å². The molecule has 1 amide bonds. The maximum Gasteiger partial charge on any atom is 0.257 e. The fourth-order valence-electron chi connectivity index (χ4n) is 3.03. The summed E-state index contributed by atoms with van der Waals surface area (Å²) in [6.45, 7) is 3.92. The topological polar surface area (TPSA) is 112 Å². The van der Waals surface area contributed by atoms with Gasteiger partial charge >= 0.3 is 0 Å². The van der Waals surface area contributed by atoms with E-state index in [9.17, 15) is 19.5 Å². The quantitative estimate of drug-likeness (QED) is 0.415. The van der Waals surface area contributed by atoms with Crippen molar-refractivity contribution < 1.29 is 14.3 Å². The van der Waals surface area contributed by atoms with Crippen LogP contribution in [-0.2, 0) is 0 Å². The van der Waals surface area contributed by atoms with Gasteiger partial charge in [-0.3, -0.25) is 14.4 Å². The number of amides is 1. The van der Waals surface area contributed by atoms with E-state index < -0.39 is 10.9 Å². The second-order valence-electron chi connectivity index (χ2n) is 7.32. The third kappa shape index (κ3) is 3.73. The molecule has 0 aliphatic rings. The lowest BCUT2D eigenvalue weighted by molar-refractivity contribution is 0.0824. The minimum absolute atomic E-state index is 0.0389. The minimum Gasteiger partial charge on any atom is -0.505 e. The molecule has 2 aromatic carbocycles. The van der Waals surface area contributed by atoms with Crippen LogP contribution in [0.1, 0.15) is 36.0 Å². The van der Waals surface area contributed by atoms with Gasteiger partial charge in [0, 0.05) is 14.1 Å². The highest BCUT2D eigenvalue weighted by molar-refractivity contribution is 5.99. The van der Waals surface area contributed by atoms with Gasteiger partial charge in [0.05, 0.1) is 23.6 Å². The summed E-state index contributed by atoms with van der Waals surface area (Å²) in [7, 11) is 3.14. The van der Waals surface area contributed by atoms with Crippen LogP contribution in [0, 0.1) is 5.92 Å². The Morgan fingerprint density at radius 2 is 1.76 bits per heavy atom. The van der Waals surface area contributed by atoms with Gasteiger partial charge in [-0.05, 0) is 30.2 Å². The molecule has 0 aliphatic carbocycles. The highest BCUT2D eigenvalue weighted by Gasteiger charge is 2.28. The van der Waals surface area contributed by atoms with Gasteiger partial charge in [-0.15, -0.1) is 0 Å². The molecular formula is C21H23N3O5. The third-order valence-corrected chi connectivity index (χ3v) is 4.66. The van der Waals surface area contributed by atoms with Gasteiger partial charge in [0.15, 0.2) is 5.75 Å². The lowest BCUT2D eigenvalue weighted by Crippen LogP contribution is -2.38. The highest BCUT2D eigenvalue weighted by atomic mass is 16.3. The third-order valence-electron chi connectivity index (χ3n) is 4.66. The summed E-state index contributed by atoms with van der Waals surface area (Å²) in [5, 5.41) is 16.3. The van der Waals surface area contributed by atoms with E-state index in [2.05, 4.69) is 10.6 Å². The number of phenolic OH excluding ortho intramolecular Hbond substituents is 1. The van der Waals surface area contributed by atoms with Crippen LogP contribution in [0.3, 0.4) is 0 Å². The Balaban J connectivity index is 1.92. The van der Waals surface area contributed by atoms with E-state index in [4.69, 9.17) is 4.42 Å². The van der Waals surface area contributed by atoms with Crippen molar-refractivity contribution in [1.82, 2.24) is 4.90 Å². The first kappa shape index (κ1) is 20.2. The number of aromatic hydroxyl groups is 1. The molecular weight excluding hydrogens is 374 g/mol. The number of para-hydroxylation sites is 1. The van der Waals surface area contributed by atoms with Gasteiger partial charge in [-0.1, -0.05) is 19.9 Å². The molecule has 0 saturated carbocycles. The van der Waals surface area contributed by atoms with Crippen molar-refractivity contribution in [3.63, 3.8) is 0 Å². The Morgan fingerprint density at radius 1 is 1.07 bits per heavy atom. The monoisotopic (exact) mass is 397 g/mol. The van der Waals surface area contributed by atoms with E-state index in [0.717, 1.165) is 0 Å². The van der Waals surface area contributed by atoms with Gasteiger partial charge < -0.3 is 25.1 Å². The molecule has 0 radical (unpaired) electrons. The summed E-state index contributed by atoms with van der Waals surface area (Å²) >= 11 is 0. The first-order valence-corrected chi connectivity index (χ1v) is 9.16. The van der Waals surface area contributed by atoms with Crippen molar-refractivity contribution in [3.05, 3.63) is 68.4 Å². The van der Waals surface area contributed by atoms with Crippen molar-refractivity contribution in [1.29, 1.82) is 0 Å². The Bertz CT molecular complexity index is 1090. The molecule has 0 aliphatic heterocycles. The molecule has 0 spiro atoms. The van der Waals surface area contributed by atoms with E-state index in [0.29, 0.717) is 5.76 Å². The SMILES string of the molecule is CC(C)[C@@H](Nc1c(Nc2cccc(C(=O)N(C)C)c2O)c(=O)c1=O)c1ccco1. The van der Waals surface area contributed by atoms with Crippen LogP contribution in [0.2, 0.25) is 0 Å². The van der Waals surface area contributed by atoms with E-state index in [1.165, 1.54) is 17.0 Å². The van der Waals surface area contributed by atoms with Crippen molar-refractivity contribution in [3.8, 4) is 5.75 Å². The molecule has 3 aromatic rings. The molecule has 0 bridgehead atoms. The average Bonchev–Trinajstić information content (AvgIpc) is 3.21. The normalized spacial score (nSPS) is 12.2. The second kappa shape index (κ2) is 7.83. The van der Waals surface area contributed by atoms with Crippen LogP contribution in [0.4, 0.5) is 17.1 Å². The number of nitrogens with zero attached hydrogens (tertiary/aromatic N) is 1. The van der Waals surface area contributed by atoms with Crippen LogP contribution < -0.4 is 21.5 Å². The zero-order valence-electron chi connectivity index (χ0n) is 16.6. The lowest BCUT2D eigenvalue weighted by Gasteiger charge is -2.24. The largest absolute Gasteiger partial charge is 0.505 e. The Hall–Kier alpha value is -3.55. The second-order valence-corrected chi connectivity index (χ2v) is 7.32. The summed E-state index contributed by atoms with van der Waals surface area (Å²) in [6, 6.07) is 7.81. The van der Waals surface area contributed by atoms with Gasteiger partial charge in [-0.2, -0.15) is 0 Å². The number of carbonyl (C=O) groups is 1. The predicted molar refractivity (Wildman–Crippen MR) is 111 cm³/mol. The van der Waals surface area contributed by atoms with Gasteiger partial charge in [-0.25, -0.2) is 0 Å². The molecule has 29 heavy (non-hydrogen) atoms. The fourth-order valence-corrected chi connectivity index (χ4v) is 3.03. The summed E-state index contributed by atoms with van der Waals surface area (Å²) in [6.07, 6.45) is 1.54. The van der Waals surface area contributed by atoms with Crippen LogP contribution in [-0.4, -0.2) is 30.0 Å². The first-order valence-electron chi connectivity index (χ1n) is 9.16. The number of anilines is 3. The van der Waals surface area contributed by atoms with Crippen LogP contribution in [0.25, 0.3) is 0 Å². The maximum atomic E-state index is 12.2. The number of rotatable bonds is 7. The highest BCUT2D eigenvalue weighted by Crippen LogP contribution is 2.34. The average molecular weight is 397 g/mol. The summed E-state index contributed by atoms with van der Waals surface area (Å²) in [5.74, 6) is 0.0390. The number of furan rings is 1. The smallest absolute Gasteiger partial charge is 0.257 e. The zero-order valence-corrected chi connectivity index (χ0v) is 16.6. The number of benzene rings is 1. The Kier molecular flexibility index (Phi) is 5.45. The molecule has 8 heteroatoms. The van der Waals surface area contributed by atoms with Crippen molar-refractivity contribution >= 4 is 23.0 Å². The summed E-state index contributed by atoms with van der Waals surface area (Å²) in [5.41, 5.74) is -0.940. The number of carbonyl (C=O) groups excluding carboxylic acids is 1. The maximum absolute atomic E-state index is 12.2. The fraction of sp³-hybridized carbons (Fsp3) is 0.286. The molecule has 0 fully saturated rings. The molecule has 0 saturated heterocycles. The Labute approximate surface area is 167 Å². The van der Waals surface area contributed by atoms with Crippen molar-refractivity contribution in [2.45, 2.75) is 19.9 Å². The van der Waals surface area contributed by atoms with E-state index in [1.807, 2.05) is 13.8 Å². The van der Waals surface area contributed by atoms with E-state index in [1.54, 1.807) is 38.6 Å². The van der Waals surface area contributed by atoms with Gasteiger partial charge in [0.2, 0.25) is 0 Å². The van der Waals surface area contributed by atoms with E-state index in [-0.39, 0.29) is 46.2 Å². The lowest BCUT2D eigenvalue weighted by atomic mass is 10.0. The number of nitrogens with one attached hydrogen (secondary N) is 2. The molecule has 3 rings (SSSR count). The first-order chi connectivity index (χ1) is 13.7. The summed E-state index contributed by atoms with van der Waals surface area (Å²) < 4.78 is 5.44. The molecule has 152 valence electrons. The molecule has 3 N–H and O–H groups in total. The molecule has 0 unspecified atom stereocenters. The minimum atomic E-state index is -0.696. The van der Waals surface area contributed by atoms with Crippen LogP contribution in [0.5, 0.6) is 5.75 Å². The molecule has 1 atom stereocenters. The number of phenols is 1. The number of hydrogen-bond donors (Lipinski definition) is 3. The van der Waals surface area contributed by atoms with Crippen LogP contribution in [0.15, 0.2) is 50.6 Å². The standard InChI is InChI=1S/C21H23N3O5/c1-11(2)15(14-9-6-10-29-14)23-17-16(19(26)20(17)27)22-13-8-5-7-12(18(13)25)21(28)24(3)4/h5-11,15,22-23,25H,1-4H3/t15-/m1/s1. The van der Waals surface area contributed by atoms with Gasteiger partial charge in [0.25, 0.3) is 16.8 Å². The van der Waals surface area contributed by atoms with Crippen molar-refractivity contribution in [2.24, 2.45) is 5.92 Å². The molecule has 8 nitrogen and oxygen atoms in total. The Morgan fingerprint density at radius 3 is 2.34 bits per heavy atom. The van der Waals surface area contributed by atoms with Crippen LogP contribution >= 0.6 is 0 Å². The van der Waals surface area contributed by atoms with Gasteiger partial charge in [0.1, 0.15) is 17.1 Å². The zero-order chi connectivity index (χ0) is 21.3.